The molecule has 1 amide bonds. The number of para-hydroxylation sites is 1. The van der Waals surface area contributed by atoms with Gasteiger partial charge in [0.15, 0.2) is 5.16 Å². The Morgan fingerprint density at radius 2 is 1.87 bits per heavy atom. The highest BCUT2D eigenvalue weighted by Crippen LogP contribution is 2.25. The van der Waals surface area contributed by atoms with E-state index in [1.54, 1.807) is 12.6 Å². The van der Waals surface area contributed by atoms with Gasteiger partial charge in [-0.15, -0.1) is 10.2 Å². The molecule has 4 rings (SSSR count). The minimum atomic E-state index is -0.357. The van der Waals surface area contributed by atoms with Gasteiger partial charge in [-0.2, -0.15) is 0 Å². The average Bonchev–Trinajstić information content (AvgIpc) is 3.43. The summed E-state index contributed by atoms with van der Waals surface area (Å²) in [5, 5.41) is 11.3. The highest BCUT2D eigenvalue weighted by atomic mass is 32.2. The van der Waals surface area contributed by atoms with Gasteiger partial charge < -0.3 is 19.0 Å². The van der Waals surface area contributed by atoms with Gasteiger partial charge in [0.2, 0.25) is 5.91 Å². The van der Waals surface area contributed by atoms with Gasteiger partial charge in [-0.3, -0.25) is 4.79 Å². The summed E-state index contributed by atoms with van der Waals surface area (Å²) < 4.78 is 13.0. The van der Waals surface area contributed by atoms with Crippen LogP contribution in [-0.4, -0.2) is 25.9 Å². The number of benzene rings is 2. The predicted octanol–water partition coefficient (Wildman–Crippen LogP) is 4.83. The number of nitrogens with one attached hydrogen (secondary N) is 1. The second kappa shape index (κ2) is 9.32. The molecule has 0 aliphatic heterocycles. The molecule has 0 fully saturated rings. The van der Waals surface area contributed by atoms with Gasteiger partial charge in [-0.1, -0.05) is 30.0 Å². The van der Waals surface area contributed by atoms with Crippen molar-refractivity contribution < 1.29 is 13.9 Å². The van der Waals surface area contributed by atoms with Crippen LogP contribution in [0.25, 0.3) is 0 Å². The third kappa shape index (κ3) is 5.09. The fraction of sp³-hybridized carbons (Fsp3) is 0.136. The predicted molar refractivity (Wildman–Crippen MR) is 115 cm³/mol. The number of hydrogen-bond donors (Lipinski definition) is 1. The Kier molecular flexibility index (Phi) is 6.14. The van der Waals surface area contributed by atoms with E-state index in [-0.39, 0.29) is 11.2 Å². The number of carbonyl (C=O) groups excluding carboxylic acids is 1. The zero-order valence-electron chi connectivity index (χ0n) is 16.3. The monoisotopic (exact) mass is 420 g/mol. The van der Waals surface area contributed by atoms with Gasteiger partial charge in [0.1, 0.15) is 23.6 Å². The quantitative estimate of drug-likeness (QED) is 0.411. The van der Waals surface area contributed by atoms with Gasteiger partial charge in [-0.25, -0.2) is 0 Å². The summed E-state index contributed by atoms with van der Waals surface area (Å²) in [6, 6.07) is 20.5. The van der Waals surface area contributed by atoms with Crippen molar-refractivity contribution in [2.45, 2.75) is 23.9 Å². The summed E-state index contributed by atoms with van der Waals surface area (Å²) in [7, 11) is 0. The first-order valence-corrected chi connectivity index (χ1v) is 10.3. The molecule has 7 nitrogen and oxygen atoms in total. The summed E-state index contributed by atoms with van der Waals surface area (Å²) in [5.41, 5.74) is 0.699. The van der Waals surface area contributed by atoms with Crippen LogP contribution in [0.3, 0.4) is 0 Å². The van der Waals surface area contributed by atoms with Crippen LogP contribution in [0.15, 0.2) is 88.9 Å². The molecule has 4 aromatic rings. The molecule has 1 unspecified atom stereocenters. The molecule has 0 aliphatic rings. The first-order valence-electron chi connectivity index (χ1n) is 9.38. The number of aromatic nitrogens is 3. The van der Waals surface area contributed by atoms with E-state index in [9.17, 15) is 4.79 Å². The fourth-order valence-electron chi connectivity index (χ4n) is 2.70. The standard InChI is InChI=1S/C22H20N4O3S/c1-16(30-22-25-23-15-26(22)14-20-8-5-13-28-20)21(27)24-17-9-11-19(12-10-17)29-18-6-3-2-4-7-18/h2-13,15-16H,14H2,1H3,(H,24,27). The fourth-order valence-corrected chi connectivity index (χ4v) is 3.52. The van der Waals surface area contributed by atoms with Crippen LogP contribution in [0.4, 0.5) is 5.69 Å². The molecule has 2 heterocycles. The molecule has 0 spiro atoms. The van der Waals surface area contributed by atoms with Crippen molar-refractivity contribution in [2.24, 2.45) is 0 Å². The molecule has 0 saturated carbocycles. The van der Waals surface area contributed by atoms with Gasteiger partial charge in [-0.05, 0) is 55.5 Å². The molecule has 8 heteroatoms. The van der Waals surface area contributed by atoms with Crippen LogP contribution >= 0.6 is 11.8 Å². The van der Waals surface area contributed by atoms with Gasteiger partial charge >= 0.3 is 0 Å². The van der Waals surface area contributed by atoms with Crippen molar-refractivity contribution >= 4 is 23.4 Å². The summed E-state index contributed by atoms with van der Waals surface area (Å²) in [5.74, 6) is 2.14. The number of thioether (sulfide) groups is 1. The maximum atomic E-state index is 12.6. The Balaban J connectivity index is 1.33. The van der Waals surface area contributed by atoms with E-state index < -0.39 is 0 Å². The van der Waals surface area contributed by atoms with Crippen molar-refractivity contribution in [3.63, 3.8) is 0 Å². The second-order valence-electron chi connectivity index (χ2n) is 6.51. The first-order chi connectivity index (χ1) is 14.7. The summed E-state index contributed by atoms with van der Waals surface area (Å²) in [4.78, 5) is 12.6. The minimum Gasteiger partial charge on any atom is -0.467 e. The molecule has 0 aliphatic carbocycles. The molecule has 152 valence electrons. The number of amides is 1. The summed E-state index contributed by atoms with van der Waals surface area (Å²) >= 11 is 1.34. The van der Waals surface area contributed by atoms with Crippen molar-refractivity contribution in [3.05, 3.63) is 85.1 Å². The van der Waals surface area contributed by atoms with Crippen LogP contribution in [0.1, 0.15) is 12.7 Å². The number of hydrogen-bond acceptors (Lipinski definition) is 6. The lowest BCUT2D eigenvalue weighted by Crippen LogP contribution is -2.22. The van der Waals surface area contributed by atoms with Crippen LogP contribution in [0, 0.1) is 0 Å². The Hall–Kier alpha value is -3.52. The number of nitrogens with zero attached hydrogens (tertiary/aromatic N) is 3. The highest BCUT2D eigenvalue weighted by Gasteiger charge is 2.18. The van der Waals surface area contributed by atoms with Crippen molar-refractivity contribution in [1.29, 1.82) is 0 Å². The van der Waals surface area contributed by atoms with Crippen LogP contribution in [0.2, 0.25) is 0 Å². The van der Waals surface area contributed by atoms with Crippen molar-refractivity contribution in [1.82, 2.24) is 14.8 Å². The van der Waals surface area contributed by atoms with E-state index in [1.165, 1.54) is 11.8 Å². The van der Waals surface area contributed by atoms with E-state index in [0.29, 0.717) is 23.1 Å². The molecular weight excluding hydrogens is 400 g/mol. The average molecular weight is 420 g/mol. The molecular formula is C22H20N4O3S. The van der Waals surface area contributed by atoms with Gasteiger partial charge in [0.05, 0.1) is 18.1 Å². The molecule has 0 radical (unpaired) electrons. The van der Waals surface area contributed by atoms with E-state index in [1.807, 2.05) is 78.2 Å². The molecule has 1 N–H and O–H groups in total. The number of rotatable bonds is 8. The second-order valence-corrected chi connectivity index (χ2v) is 7.82. The molecule has 30 heavy (non-hydrogen) atoms. The van der Waals surface area contributed by atoms with E-state index in [2.05, 4.69) is 15.5 Å². The molecule has 2 aromatic carbocycles. The molecule has 1 atom stereocenters. The number of furan rings is 1. The minimum absolute atomic E-state index is 0.121. The van der Waals surface area contributed by atoms with E-state index >= 15 is 0 Å². The summed E-state index contributed by atoms with van der Waals surface area (Å²) in [6.45, 7) is 2.35. The SMILES string of the molecule is CC(Sc1nncn1Cc1ccco1)C(=O)Nc1ccc(Oc2ccccc2)cc1. The maximum Gasteiger partial charge on any atom is 0.237 e. The van der Waals surface area contributed by atoms with Crippen LogP contribution < -0.4 is 10.1 Å². The van der Waals surface area contributed by atoms with Gasteiger partial charge in [0.25, 0.3) is 0 Å². The number of anilines is 1. The Bertz CT molecular complexity index is 1080. The lowest BCUT2D eigenvalue weighted by Gasteiger charge is -2.12. The topological polar surface area (TPSA) is 82.2 Å². The summed E-state index contributed by atoms with van der Waals surface area (Å²) in [6.07, 6.45) is 3.25. The lowest BCUT2D eigenvalue weighted by atomic mass is 10.3. The third-order valence-electron chi connectivity index (χ3n) is 4.24. The van der Waals surface area contributed by atoms with E-state index in [4.69, 9.17) is 9.15 Å². The van der Waals surface area contributed by atoms with Crippen LogP contribution in [0.5, 0.6) is 11.5 Å². The van der Waals surface area contributed by atoms with E-state index in [0.717, 1.165) is 11.5 Å². The zero-order valence-corrected chi connectivity index (χ0v) is 17.1. The third-order valence-corrected chi connectivity index (χ3v) is 5.33. The normalized spacial score (nSPS) is 11.8. The van der Waals surface area contributed by atoms with Crippen molar-refractivity contribution in [2.75, 3.05) is 5.32 Å². The molecule has 0 saturated heterocycles. The zero-order chi connectivity index (χ0) is 20.8. The lowest BCUT2D eigenvalue weighted by molar-refractivity contribution is -0.115. The number of carbonyl (C=O) groups is 1. The Morgan fingerprint density at radius 1 is 1.10 bits per heavy atom. The van der Waals surface area contributed by atoms with Gasteiger partial charge in [0, 0.05) is 5.69 Å². The first kappa shape index (κ1) is 19.8. The largest absolute Gasteiger partial charge is 0.467 e. The smallest absolute Gasteiger partial charge is 0.237 e. The Morgan fingerprint density at radius 3 is 2.60 bits per heavy atom. The molecule has 2 aromatic heterocycles. The maximum absolute atomic E-state index is 12.6. The van der Waals surface area contributed by atoms with Crippen molar-refractivity contribution in [3.8, 4) is 11.5 Å². The number of ether oxygens (including phenoxy) is 1. The van der Waals surface area contributed by atoms with Crippen LogP contribution in [-0.2, 0) is 11.3 Å². The highest BCUT2D eigenvalue weighted by molar-refractivity contribution is 8.00. The molecule has 0 bridgehead atoms. The Labute approximate surface area is 178 Å².